The van der Waals surface area contributed by atoms with E-state index in [1.54, 1.807) is 6.20 Å². The predicted octanol–water partition coefficient (Wildman–Crippen LogP) is -0.0705. The van der Waals surface area contributed by atoms with Gasteiger partial charge in [-0.25, -0.2) is 0 Å². The molecule has 1 aliphatic rings. The molecule has 2 amide bonds. The van der Waals surface area contributed by atoms with Gasteiger partial charge in [-0.3, -0.25) is 9.59 Å². The zero-order chi connectivity index (χ0) is 12.4. The molecule has 0 bridgehead atoms. The number of nitrogens with one attached hydrogen (secondary N) is 2. The molecule has 2 unspecified atom stereocenters. The Hall–Kier alpha value is -2.05. The van der Waals surface area contributed by atoms with Gasteiger partial charge in [0.1, 0.15) is 0 Å². The number of hydrogen-bond donors (Lipinski definition) is 3. The summed E-state index contributed by atoms with van der Waals surface area (Å²) in [6.07, 6.45) is 2.55. The highest BCUT2D eigenvalue weighted by Crippen LogP contribution is 2.31. The average Bonchev–Trinajstić information content (AvgIpc) is 2.65. The molecule has 4 N–H and O–H groups in total. The van der Waals surface area contributed by atoms with Gasteiger partial charge in [-0.1, -0.05) is 6.92 Å². The molecule has 2 atom stereocenters. The Balaban J connectivity index is 2.29. The first-order chi connectivity index (χ1) is 8.11. The monoisotopic (exact) mass is 237 g/mol. The number of carbonyl (C=O) groups is 2. The Labute approximate surface area is 98.4 Å². The average molecular weight is 237 g/mol. The lowest BCUT2D eigenvalue weighted by Crippen LogP contribution is -2.33. The Bertz CT molecular complexity index is 442. The number of imidazole rings is 1. The number of anilines is 2. The third-order valence-corrected chi connectivity index (χ3v) is 2.95. The highest BCUT2D eigenvalue weighted by atomic mass is 16.1. The summed E-state index contributed by atoms with van der Waals surface area (Å²) in [5.74, 6) is 1.05. The summed E-state index contributed by atoms with van der Waals surface area (Å²) in [7, 11) is 0. The van der Waals surface area contributed by atoms with Crippen LogP contribution < -0.4 is 16.4 Å². The fourth-order valence-corrected chi connectivity index (χ4v) is 2.08. The molecule has 7 heteroatoms. The molecule has 1 aromatic heterocycles. The maximum atomic E-state index is 11.1. The first-order valence-corrected chi connectivity index (χ1v) is 5.43. The van der Waals surface area contributed by atoms with Crippen molar-refractivity contribution in [2.45, 2.75) is 19.4 Å². The number of hydrogen-bond acceptors (Lipinski definition) is 4. The van der Waals surface area contributed by atoms with Crippen molar-refractivity contribution in [1.82, 2.24) is 9.55 Å². The van der Waals surface area contributed by atoms with Crippen LogP contribution in [0.3, 0.4) is 0 Å². The second-order valence-electron chi connectivity index (χ2n) is 4.22. The van der Waals surface area contributed by atoms with Crippen LogP contribution in [0, 0.1) is 5.92 Å². The molecule has 0 aromatic carbocycles. The SMILES string of the molecule is CC1CNc2nc(NC=O)cn2C1CC(N)=O. The minimum absolute atomic E-state index is 0.0153. The largest absolute Gasteiger partial charge is 0.370 e. The van der Waals surface area contributed by atoms with Gasteiger partial charge in [-0.2, -0.15) is 4.98 Å². The van der Waals surface area contributed by atoms with E-state index in [0.717, 1.165) is 6.54 Å². The third-order valence-electron chi connectivity index (χ3n) is 2.95. The molecule has 0 aliphatic carbocycles. The van der Waals surface area contributed by atoms with Crippen LogP contribution in [0.25, 0.3) is 0 Å². The number of carbonyl (C=O) groups excluding carboxylic acids is 2. The molecule has 1 aliphatic heterocycles. The third kappa shape index (κ3) is 2.22. The van der Waals surface area contributed by atoms with Crippen LogP contribution in [0.15, 0.2) is 6.20 Å². The lowest BCUT2D eigenvalue weighted by Gasteiger charge is -2.30. The zero-order valence-electron chi connectivity index (χ0n) is 9.51. The first kappa shape index (κ1) is 11.4. The van der Waals surface area contributed by atoms with Crippen molar-refractivity contribution in [3.8, 4) is 0 Å². The van der Waals surface area contributed by atoms with Crippen molar-refractivity contribution in [1.29, 1.82) is 0 Å². The summed E-state index contributed by atoms with van der Waals surface area (Å²) in [5.41, 5.74) is 5.24. The van der Waals surface area contributed by atoms with Crippen molar-refractivity contribution in [2.75, 3.05) is 17.2 Å². The van der Waals surface area contributed by atoms with Gasteiger partial charge in [-0.15, -0.1) is 0 Å². The summed E-state index contributed by atoms with van der Waals surface area (Å²) < 4.78 is 1.85. The number of fused-ring (bicyclic) bond motifs is 1. The van der Waals surface area contributed by atoms with Crippen LogP contribution >= 0.6 is 0 Å². The Morgan fingerprint density at radius 1 is 1.82 bits per heavy atom. The van der Waals surface area contributed by atoms with E-state index in [1.165, 1.54) is 0 Å². The van der Waals surface area contributed by atoms with Gasteiger partial charge in [-0.05, 0) is 5.92 Å². The van der Waals surface area contributed by atoms with Crippen molar-refractivity contribution >= 4 is 24.1 Å². The highest BCUT2D eigenvalue weighted by Gasteiger charge is 2.28. The van der Waals surface area contributed by atoms with Gasteiger partial charge >= 0.3 is 0 Å². The molecule has 0 fully saturated rings. The summed E-state index contributed by atoms with van der Waals surface area (Å²) in [6, 6.07) is -0.0153. The van der Waals surface area contributed by atoms with Gasteiger partial charge in [0.25, 0.3) is 0 Å². The van der Waals surface area contributed by atoms with Gasteiger partial charge in [0.05, 0.1) is 6.20 Å². The molecule has 17 heavy (non-hydrogen) atoms. The summed E-state index contributed by atoms with van der Waals surface area (Å²) in [4.78, 5) is 25.6. The lowest BCUT2D eigenvalue weighted by molar-refractivity contribution is -0.119. The molecule has 1 aromatic rings. The number of aromatic nitrogens is 2. The van der Waals surface area contributed by atoms with Crippen molar-refractivity contribution in [2.24, 2.45) is 11.7 Å². The van der Waals surface area contributed by atoms with Crippen LogP contribution in [-0.4, -0.2) is 28.4 Å². The minimum Gasteiger partial charge on any atom is -0.370 e. The van der Waals surface area contributed by atoms with Crippen LogP contribution in [0.1, 0.15) is 19.4 Å². The molecule has 0 spiro atoms. The summed E-state index contributed by atoms with van der Waals surface area (Å²) in [5, 5.41) is 5.62. The Kier molecular flexibility index (Phi) is 2.99. The van der Waals surface area contributed by atoms with Crippen molar-refractivity contribution in [3.05, 3.63) is 6.20 Å². The molecular formula is C10H15N5O2. The van der Waals surface area contributed by atoms with E-state index in [0.29, 0.717) is 18.2 Å². The second kappa shape index (κ2) is 4.44. The van der Waals surface area contributed by atoms with E-state index in [2.05, 4.69) is 15.6 Å². The first-order valence-electron chi connectivity index (χ1n) is 5.43. The van der Waals surface area contributed by atoms with Crippen LogP contribution in [-0.2, 0) is 9.59 Å². The van der Waals surface area contributed by atoms with E-state index >= 15 is 0 Å². The smallest absolute Gasteiger partial charge is 0.219 e. The Morgan fingerprint density at radius 3 is 3.24 bits per heavy atom. The standard InChI is InChI=1S/C10H15N5O2/c1-6-3-12-10-14-9(13-5-16)4-15(10)7(6)2-8(11)17/h4-7H,2-3H2,1H3,(H2,11,17)(H,12,14)(H,13,16). The molecule has 2 heterocycles. The predicted molar refractivity (Wildman–Crippen MR) is 62.4 cm³/mol. The maximum Gasteiger partial charge on any atom is 0.219 e. The van der Waals surface area contributed by atoms with Gasteiger partial charge in [0.2, 0.25) is 18.3 Å². The quantitative estimate of drug-likeness (QED) is 0.638. The summed E-state index contributed by atoms with van der Waals surface area (Å²) in [6.45, 7) is 2.77. The summed E-state index contributed by atoms with van der Waals surface area (Å²) >= 11 is 0. The van der Waals surface area contributed by atoms with Crippen LogP contribution in [0.2, 0.25) is 0 Å². The Morgan fingerprint density at radius 2 is 2.59 bits per heavy atom. The van der Waals surface area contributed by atoms with E-state index < -0.39 is 0 Å². The molecule has 2 rings (SSSR count). The molecule has 0 saturated carbocycles. The number of rotatable bonds is 4. The lowest BCUT2D eigenvalue weighted by atomic mass is 9.97. The molecule has 7 nitrogen and oxygen atoms in total. The number of amides is 2. The topological polar surface area (TPSA) is 102 Å². The van der Waals surface area contributed by atoms with E-state index in [4.69, 9.17) is 5.73 Å². The molecule has 92 valence electrons. The number of nitrogens with two attached hydrogens (primary N) is 1. The number of primary amides is 1. The fraction of sp³-hybridized carbons (Fsp3) is 0.500. The van der Waals surface area contributed by atoms with Crippen LogP contribution in [0.5, 0.6) is 0 Å². The zero-order valence-corrected chi connectivity index (χ0v) is 9.51. The molecule has 0 saturated heterocycles. The number of nitrogens with zero attached hydrogens (tertiary/aromatic N) is 2. The van der Waals surface area contributed by atoms with E-state index in [9.17, 15) is 9.59 Å². The van der Waals surface area contributed by atoms with E-state index in [-0.39, 0.29) is 24.3 Å². The van der Waals surface area contributed by atoms with Gasteiger partial charge in [0.15, 0.2) is 5.82 Å². The van der Waals surface area contributed by atoms with Crippen molar-refractivity contribution in [3.63, 3.8) is 0 Å². The highest BCUT2D eigenvalue weighted by molar-refractivity contribution is 5.74. The second-order valence-corrected chi connectivity index (χ2v) is 4.22. The van der Waals surface area contributed by atoms with Gasteiger partial charge < -0.3 is 20.9 Å². The van der Waals surface area contributed by atoms with Crippen molar-refractivity contribution < 1.29 is 9.59 Å². The molecule has 0 radical (unpaired) electrons. The normalized spacial score (nSPS) is 22.4. The minimum atomic E-state index is -0.340. The fourth-order valence-electron chi connectivity index (χ4n) is 2.08. The van der Waals surface area contributed by atoms with Gasteiger partial charge in [0, 0.05) is 19.0 Å². The van der Waals surface area contributed by atoms with Crippen LogP contribution in [0.4, 0.5) is 11.8 Å². The van der Waals surface area contributed by atoms with E-state index in [1.807, 2.05) is 11.5 Å². The maximum absolute atomic E-state index is 11.1. The molecular weight excluding hydrogens is 222 g/mol.